The highest BCUT2D eigenvalue weighted by molar-refractivity contribution is 5.73. The van der Waals surface area contributed by atoms with Crippen molar-refractivity contribution in [1.29, 1.82) is 0 Å². The Hall–Kier alpha value is -2.16. The third kappa shape index (κ3) is 1.56. The molecule has 0 amide bonds. The van der Waals surface area contributed by atoms with Crippen molar-refractivity contribution < 1.29 is 0 Å². The van der Waals surface area contributed by atoms with Crippen molar-refractivity contribution in [3.8, 4) is 0 Å². The summed E-state index contributed by atoms with van der Waals surface area (Å²) in [6, 6.07) is 14.3. The Labute approximate surface area is 93.4 Å². The van der Waals surface area contributed by atoms with E-state index in [1.54, 1.807) is 12.4 Å². The summed E-state index contributed by atoms with van der Waals surface area (Å²) in [5.41, 5.74) is 3.26. The number of pyridine rings is 1. The molecule has 3 aromatic rings. The lowest BCUT2D eigenvalue weighted by atomic mass is 10.2. The normalized spacial score (nSPS) is 10.8. The number of aromatic nitrogens is 3. The molecule has 0 aliphatic rings. The van der Waals surface area contributed by atoms with E-state index in [9.17, 15) is 0 Å². The molecule has 0 N–H and O–H groups in total. The fraction of sp³-hybridized carbons (Fsp3) is 0.0769. The van der Waals surface area contributed by atoms with Gasteiger partial charge in [0.15, 0.2) is 0 Å². The van der Waals surface area contributed by atoms with Crippen LogP contribution in [0, 0.1) is 0 Å². The summed E-state index contributed by atoms with van der Waals surface area (Å²) in [6.45, 7) is 0.788. The summed E-state index contributed by atoms with van der Waals surface area (Å²) in [5.74, 6) is 0. The van der Waals surface area contributed by atoms with Crippen LogP contribution in [0.2, 0.25) is 0 Å². The van der Waals surface area contributed by atoms with Crippen LogP contribution in [0.3, 0.4) is 0 Å². The molecule has 0 atom stereocenters. The van der Waals surface area contributed by atoms with Crippen molar-refractivity contribution in [2.24, 2.45) is 0 Å². The molecule has 3 nitrogen and oxygen atoms in total. The molecule has 3 rings (SSSR count). The van der Waals surface area contributed by atoms with E-state index in [1.165, 1.54) is 5.56 Å². The zero-order valence-corrected chi connectivity index (χ0v) is 8.74. The van der Waals surface area contributed by atoms with Gasteiger partial charge in [-0.15, -0.1) is 0 Å². The molecule has 0 saturated heterocycles. The van der Waals surface area contributed by atoms with Crippen LogP contribution in [0.15, 0.2) is 54.9 Å². The molecule has 2 heterocycles. The first-order chi connectivity index (χ1) is 7.93. The second kappa shape index (κ2) is 3.77. The average molecular weight is 209 g/mol. The van der Waals surface area contributed by atoms with E-state index in [4.69, 9.17) is 0 Å². The van der Waals surface area contributed by atoms with Crippen molar-refractivity contribution in [2.75, 3.05) is 0 Å². The second-order valence-corrected chi connectivity index (χ2v) is 3.70. The number of hydrogen-bond donors (Lipinski definition) is 0. The molecule has 0 radical (unpaired) electrons. The summed E-state index contributed by atoms with van der Waals surface area (Å²) < 4.78 is 1.97. The van der Waals surface area contributed by atoms with Crippen LogP contribution in [0.4, 0.5) is 0 Å². The number of benzene rings is 1. The van der Waals surface area contributed by atoms with Crippen molar-refractivity contribution in [3.05, 3.63) is 60.4 Å². The topological polar surface area (TPSA) is 30.7 Å². The molecule has 0 fully saturated rings. The molecule has 0 bridgehead atoms. The molecule has 0 unspecified atom stereocenters. The molecule has 0 saturated carbocycles. The molecular weight excluding hydrogens is 198 g/mol. The van der Waals surface area contributed by atoms with Crippen LogP contribution in [0.25, 0.3) is 11.0 Å². The standard InChI is InChI=1S/C13H11N3/c1-2-5-11(6-3-1)10-16-13-7-4-8-14-12(13)9-15-16/h1-9H,10H2. The Morgan fingerprint density at radius 3 is 2.75 bits per heavy atom. The fourth-order valence-corrected chi connectivity index (χ4v) is 1.80. The highest BCUT2D eigenvalue weighted by atomic mass is 15.3. The molecule has 0 aliphatic heterocycles. The van der Waals surface area contributed by atoms with Gasteiger partial charge in [0.2, 0.25) is 0 Å². The molecule has 1 aromatic carbocycles. The first kappa shape index (κ1) is 9.09. The van der Waals surface area contributed by atoms with E-state index in [-0.39, 0.29) is 0 Å². The molecule has 3 heteroatoms. The van der Waals surface area contributed by atoms with E-state index in [0.717, 1.165) is 17.6 Å². The summed E-state index contributed by atoms with van der Waals surface area (Å²) >= 11 is 0. The Kier molecular flexibility index (Phi) is 2.14. The average Bonchev–Trinajstić information content (AvgIpc) is 2.74. The summed E-state index contributed by atoms with van der Waals surface area (Å²) in [4.78, 5) is 4.26. The second-order valence-electron chi connectivity index (χ2n) is 3.70. The molecule has 78 valence electrons. The summed E-state index contributed by atoms with van der Waals surface area (Å²) in [6.07, 6.45) is 3.59. The first-order valence-corrected chi connectivity index (χ1v) is 5.24. The van der Waals surface area contributed by atoms with Gasteiger partial charge < -0.3 is 0 Å². The predicted molar refractivity (Wildman–Crippen MR) is 63.1 cm³/mol. The van der Waals surface area contributed by atoms with Crippen molar-refractivity contribution in [1.82, 2.24) is 14.8 Å². The first-order valence-electron chi connectivity index (χ1n) is 5.24. The zero-order chi connectivity index (χ0) is 10.8. The predicted octanol–water partition coefficient (Wildman–Crippen LogP) is 2.48. The number of rotatable bonds is 2. The highest BCUT2D eigenvalue weighted by Crippen LogP contribution is 2.11. The van der Waals surface area contributed by atoms with Crippen LogP contribution in [-0.4, -0.2) is 14.8 Å². The lowest BCUT2D eigenvalue weighted by Crippen LogP contribution is -2.00. The van der Waals surface area contributed by atoms with Gasteiger partial charge in [-0.3, -0.25) is 9.67 Å². The minimum absolute atomic E-state index is 0.788. The van der Waals surface area contributed by atoms with Crippen molar-refractivity contribution in [2.45, 2.75) is 6.54 Å². The van der Waals surface area contributed by atoms with E-state index in [1.807, 2.05) is 35.0 Å². The molecule has 2 aromatic heterocycles. The molecule has 0 aliphatic carbocycles. The molecule has 16 heavy (non-hydrogen) atoms. The van der Waals surface area contributed by atoms with Crippen molar-refractivity contribution in [3.63, 3.8) is 0 Å². The lowest BCUT2D eigenvalue weighted by Gasteiger charge is -2.02. The maximum Gasteiger partial charge on any atom is 0.108 e. The molecular formula is C13H11N3. The Morgan fingerprint density at radius 1 is 1.00 bits per heavy atom. The lowest BCUT2D eigenvalue weighted by molar-refractivity contribution is 0.712. The minimum atomic E-state index is 0.788. The minimum Gasteiger partial charge on any atom is -0.259 e. The van der Waals surface area contributed by atoms with E-state index >= 15 is 0 Å². The largest absolute Gasteiger partial charge is 0.259 e. The van der Waals surface area contributed by atoms with Gasteiger partial charge in [-0.05, 0) is 17.7 Å². The van der Waals surface area contributed by atoms with Gasteiger partial charge in [-0.25, -0.2) is 0 Å². The Morgan fingerprint density at radius 2 is 1.88 bits per heavy atom. The van der Waals surface area contributed by atoms with Gasteiger partial charge in [-0.2, -0.15) is 5.10 Å². The van der Waals surface area contributed by atoms with Crippen LogP contribution in [0.1, 0.15) is 5.56 Å². The highest BCUT2D eigenvalue weighted by Gasteiger charge is 2.02. The maximum absolute atomic E-state index is 4.34. The monoisotopic (exact) mass is 209 g/mol. The smallest absolute Gasteiger partial charge is 0.108 e. The zero-order valence-electron chi connectivity index (χ0n) is 8.74. The van der Waals surface area contributed by atoms with Gasteiger partial charge in [0.05, 0.1) is 18.3 Å². The SMILES string of the molecule is c1ccc(Cn2ncc3ncccc32)cc1. The maximum atomic E-state index is 4.34. The summed E-state index contributed by atoms with van der Waals surface area (Å²) in [5, 5.41) is 4.34. The van der Waals surface area contributed by atoms with E-state index in [0.29, 0.717) is 0 Å². The van der Waals surface area contributed by atoms with Crippen LogP contribution in [-0.2, 0) is 6.54 Å². The van der Waals surface area contributed by atoms with Gasteiger partial charge in [0.1, 0.15) is 5.52 Å². The van der Waals surface area contributed by atoms with Gasteiger partial charge in [0, 0.05) is 6.20 Å². The Balaban J connectivity index is 2.01. The number of hydrogen-bond acceptors (Lipinski definition) is 2. The summed E-state index contributed by atoms with van der Waals surface area (Å²) in [7, 11) is 0. The molecule has 0 spiro atoms. The van der Waals surface area contributed by atoms with Crippen LogP contribution < -0.4 is 0 Å². The van der Waals surface area contributed by atoms with Gasteiger partial charge >= 0.3 is 0 Å². The van der Waals surface area contributed by atoms with Crippen molar-refractivity contribution >= 4 is 11.0 Å². The third-order valence-electron chi connectivity index (χ3n) is 2.59. The Bertz CT molecular complexity index is 599. The van der Waals surface area contributed by atoms with Crippen LogP contribution in [0.5, 0.6) is 0 Å². The van der Waals surface area contributed by atoms with E-state index < -0.39 is 0 Å². The number of fused-ring (bicyclic) bond motifs is 1. The van der Waals surface area contributed by atoms with Gasteiger partial charge in [-0.1, -0.05) is 30.3 Å². The fourth-order valence-electron chi connectivity index (χ4n) is 1.80. The quantitative estimate of drug-likeness (QED) is 0.649. The van der Waals surface area contributed by atoms with E-state index in [2.05, 4.69) is 22.2 Å². The third-order valence-corrected chi connectivity index (χ3v) is 2.59. The van der Waals surface area contributed by atoms with Gasteiger partial charge in [0.25, 0.3) is 0 Å². The number of nitrogens with zero attached hydrogens (tertiary/aromatic N) is 3. The van der Waals surface area contributed by atoms with Crippen LogP contribution >= 0.6 is 0 Å².